The molecule has 0 bridgehead atoms. The highest BCUT2D eigenvalue weighted by molar-refractivity contribution is 5.93. The van der Waals surface area contributed by atoms with Crippen molar-refractivity contribution in [1.29, 1.82) is 0 Å². The fourth-order valence-corrected chi connectivity index (χ4v) is 2.27. The number of aromatic nitrogens is 1. The molecule has 0 aliphatic heterocycles. The molecule has 100 valence electrons. The Morgan fingerprint density at radius 1 is 1.05 bits per heavy atom. The molecule has 3 heteroatoms. The molecule has 0 radical (unpaired) electrons. The largest absolute Gasteiger partial charge is 0.495 e. The Hall–Kier alpha value is -2.55. The molecule has 1 aromatic heterocycles. The van der Waals surface area contributed by atoms with E-state index in [1.807, 2.05) is 36.5 Å². The van der Waals surface area contributed by atoms with Gasteiger partial charge in [0, 0.05) is 11.6 Å². The van der Waals surface area contributed by atoms with Crippen LogP contribution in [0.25, 0.3) is 10.8 Å². The number of fused-ring (bicyclic) bond motifs is 1. The van der Waals surface area contributed by atoms with E-state index in [9.17, 15) is 0 Å². The van der Waals surface area contributed by atoms with Gasteiger partial charge in [0.15, 0.2) is 0 Å². The molecule has 0 aliphatic rings. The van der Waals surface area contributed by atoms with Crippen LogP contribution in [0.5, 0.6) is 5.75 Å². The molecule has 3 aromatic rings. The standard InChI is InChI=1S/C17H16N2O/c1-12-7-8-14-13(11-12)9-10-18-17(14)19-15-5-3-4-6-16(15)20-2/h3-11H,1-2H3,(H,18,19). The van der Waals surface area contributed by atoms with Crippen LogP contribution in [-0.2, 0) is 0 Å². The van der Waals surface area contributed by atoms with Crippen molar-refractivity contribution in [2.75, 3.05) is 12.4 Å². The van der Waals surface area contributed by atoms with Crippen LogP contribution >= 0.6 is 0 Å². The third-order valence-corrected chi connectivity index (χ3v) is 3.28. The molecule has 0 unspecified atom stereocenters. The van der Waals surface area contributed by atoms with E-state index >= 15 is 0 Å². The van der Waals surface area contributed by atoms with Gasteiger partial charge in [-0.15, -0.1) is 0 Å². The minimum absolute atomic E-state index is 0.804. The zero-order valence-electron chi connectivity index (χ0n) is 11.6. The molecule has 0 atom stereocenters. The summed E-state index contributed by atoms with van der Waals surface area (Å²) in [5.41, 5.74) is 2.16. The van der Waals surface area contributed by atoms with Crippen molar-refractivity contribution in [3.63, 3.8) is 0 Å². The first-order valence-corrected chi connectivity index (χ1v) is 6.53. The van der Waals surface area contributed by atoms with Gasteiger partial charge in [-0.2, -0.15) is 0 Å². The number of anilines is 2. The number of ether oxygens (including phenoxy) is 1. The van der Waals surface area contributed by atoms with Crippen molar-refractivity contribution in [3.05, 3.63) is 60.3 Å². The lowest BCUT2D eigenvalue weighted by Crippen LogP contribution is -1.97. The number of nitrogens with zero attached hydrogens (tertiary/aromatic N) is 1. The average molecular weight is 264 g/mol. The Balaban J connectivity index is 2.07. The van der Waals surface area contributed by atoms with E-state index in [2.05, 4.69) is 35.4 Å². The molecule has 3 nitrogen and oxygen atoms in total. The van der Waals surface area contributed by atoms with Crippen LogP contribution < -0.4 is 10.1 Å². The van der Waals surface area contributed by atoms with E-state index in [-0.39, 0.29) is 0 Å². The topological polar surface area (TPSA) is 34.1 Å². The summed E-state index contributed by atoms with van der Waals surface area (Å²) in [7, 11) is 1.67. The third-order valence-electron chi connectivity index (χ3n) is 3.28. The Labute approximate surface area is 118 Å². The molecule has 1 heterocycles. The monoisotopic (exact) mass is 264 g/mol. The van der Waals surface area contributed by atoms with Crippen LogP contribution in [0, 0.1) is 6.92 Å². The van der Waals surface area contributed by atoms with Gasteiger partial charge in [-0.25, -0.2) is 4.98 Å². The maximum Gasteiger partial charge on any atom is 0.142 e. The molecule has 3 rings (SSSR count). The molecule has 0 aliphatic carbocycles. The zero-order chi connectivity index (χ0) is 13.9. The highest BCUT2D eigenvalue weighted by Gasteiger charge is 2.06. The van der Waals surface area contributed by atoms with Gasteiger partial charge in [-0.05, 0) is 30.5 Å². The quantitative estimate of drug-likeness (QED) is 0.766. The van der Waals surface area contributed by atoms with E-state index in [1.165, 1.54) is 10.9 Å². The molecule has 0 spiro atoms. The molecular weight excluding hydrogens is 248 g/mol. The first kappa shape index (κ1) is 12.5. The Morgan fingerprint density at radius 3 is 2.75 bits per heavy atom. The summed E-state index contributed by atoms with van der Waals surface area (Å²) in [6.45, 7) is 2.09. The van der Waals surface area contributed by atoms with Crippen molar-refractivity contribution in [1.82, 2.24) is 4.98 Å². The lowest BCUT2D eigenvalue weighted by atomic mass is 10.1. The van der Waals surface area contributed by atoms with Gasteiger partial charge in [0.05, 0.1) is 12.8 Å². The Morgan fingerprint density at radius 2 is 1.90 bits per heavy atom. The summed E-state index contributed by atoms with van der Waals surface area (Å²) in [4.78, 5) is 4.44. The van der Waals surface area contributed by atoms with Crippen LogP contribution in [0.1, 0.15) is 5.56 Å². The smallest absolute Gasteiger partial charge is 0.142 e. The maximum atomic E-state index is 5.36. The highest BCUT2D eigenvalue weighted by atomic mass is 16.5. The second kappa shape index (κ2) is 5.21. The third kappa shape index (κ3) is 2.30. The van der Waals surface area contributed by atoms with Gasteiger partial charge in [0.1, 0.15) is 11.6 Å². The summed E-state index contributed by atoms with van der Waals surface area (Å²) >= 11 is 0. The number of pyridine rings is 1. The Kier molecular flexibility index (Phi) is 3.25. The second-order valence-electron chi connectivity index (χ2n) is 4.71. The number of hydrogen-bond donors (Lipinski definition) is 1. The first-order valence-electron chi connectivity index (χ1n) is 6.53. The molecule has 20 heavy (non-hydrogen) atoms. The van der Waals surface area contributed by atoms with Crippen molar-refractivity contribution in [2.45, 2.75) is 6.92 Å². The Bertz CT molecular complexity index is 753. The van der Waals surface area contributed by atoms with Crippen LogP contribution in [0.2, 0.25) is 0 Å². The lowest BCUT2D eigenvalue weighted by molar-refractivity contribution is 0.417. The zero-order valence-corrected chi connectivity index (χ0v) is 11.6. The fraction of sp³-hybridized carbons (Fsp3) is 0.118. The van der Waals surface area contributed by atoms with Crippen molar-refractivity contribution in [2.24, 2.45) is 0 Å². The van der Waals surface area contributed by atoms with Gasteiger partial charge >= 0.3 is 0 Å². The van der Waals surface area contributed by atoms with Gasteiger partial charge in [-0.3, -0.25) is 0 Å². The number of aryl methyl sites for hydroxylation is 1. The summed E-state index contributed by atoms with van der Waals surface area (Å²) in [6.07, 6.45) is 1.82. The normalized spacial score (nSPS) is 10.5. The number of rotatable bonds is 3. The van der Waals surface area contributed by atoms with Crippen molar-refractivity contribution < 1.29 is 4.74 Å². The van der Waals surface area contributed by atoms with Gasteiger partial charge in [-0.1, -0.05) is 35.9 Å². The van der Waals surface area contributed by atoms with E-state index in [4.69, 9.17) is 4.74 Å². The van der Waals surface area contributed by atoms with E-state index in [0.29, 0.717) is 0 Å². The van der Waals surface area contributed by atoms with Crippen LogP contribution in [-0.4, -0.2) is 12.1 Å². The van der Waals surface area contributed by atoms with Crippen LogP contribution in [0.15, 0.2) is 54.7 Å². The number of methoxy groups -OCH3 is 1. The fourth-order valence-electron chi connectivity index (χ4n) is 2.27. The van der Waals surface area contributed by atoms with Crippen molar-refractivity contribution >= 4 is 22.3 Å². The SMILES string of the molecule is COc1ccccc1Nc1nccc2cc(C)ccc12. The molecule has 0 amide bonds. The van der Waals surface area contributed by atoms with Gasteiger partial charge < -0.3 is 10.1 Å². The van der Waals surface area contributed by atoms with Gasteiger partial charge in [0.25, 0.3) is 0 Å². The number of hydrogen-bond acceptors (Lipinski definition) is 3. The summed E-state index contributed by atoms with van der Waals surface area (Å²) < 4.78 is 5.36. The molecular formula is C17H16N2O. The molecule has 2 aromatic carbocycles. The lowest BCUT2D eigenvalue weighted by Gasteiger charge is -2.12. The summed E-state index contributed by atoms with van der Waals surface area (Å²) in [5.74, 6) is 1.64. The van der Waals surface area contributed by atoms with E-state index < -0.39 is 0 Å². The van der Waals surface area contributed by atoms with Crippen LogP contribution in [0.4, 0.5) is 11.5 Å². The number of benzene rings is 2. The first-order chi connectivity index (χ1) is 9.78. The molecule has 0 saturated heterocycles. The predicted molar refractivity (Wildman–Crippen MR) is 82.8 cm³/mol. The molecule has 1 N–H and O–H groups in total. The van der Waals surface area contributed by atoms with E-state index in [1.54, 1.807) is 7.11 Å². The van der Waals surface area contributed by atoms with Gasteiger partial charge in [0.2, 0.25) is 0 Å². The number of nitrogens with one attached hydrogen (secondary N) is 1. The summed E-state index contributed by atoms with van der Waals surface area (Å²) in [6, 6.07) is 16.2. The average Bonchev–Trinajstić information content (AvgIpc) is 2.47. The summed E-state index contributed by atoms with van der Waals surface area (Å²) in [5, 5.41) is 5.63. The van der Waals surface area contributed by atoms with Crippen molar-refractivity contribution in [3.8, 4) is 5.75 Å². The second-order valence-corrected chi connectivity index (χ2v) is 4.71. The maximum absolute atomic E-state index is 5.36. The minimum atomic E-state index is 0.804. The molecule has 0 fully saturated rings. The molecule has 0 saturated carbocycles. The van der Waals surface area contributed by atoms with E-state index in [0.717, 1.165) is 22.6 Å². The highest BCUT2D eigenvalue weighted by Crippen LogP contribution is 2.29. The van der Waals surface area contributed by atoms with Crippen LogP contribution in [0.3, 0.4) is 0 Å². The predicted octanol–water partition coefficient (Wildman–Crippen LogP) is 4.30. The number of para-hydroxylation sites is 2. The minimum Gasteiger partial charge on any atom is -0.495 e.